The summed E-state index contributed by atoms with van der Waals surface area (Å²) in [7, 11) is 0. The molecule has 1 nitrogen and oxygen atoms in total. The maximum Gasteiger partial charge on any atom is 0.0714 e. The van der Waals surface area contributed by atoms with Crippen LogP contribution in [0.25, 0.3) is 53.6 Å². The van der Waals surface area contributed by atoms with Crippen molar-refractivity contribution in [3.05, 3.63) is 244 Å². The van der Waals surface area contributed by atoms with Crippen molar-refractivity contribution in [1.82, 2.24) is 0 Å². The molecule has 0 saturated carbocycles. The molecule has 0 N–H and O–H groups in total. The van der Waals surface area contributed by atoms with Crippen LogP contribution in [0.1, 0.15) is 125 Å². The van der Waals surface area contributed by atoms with Crippen LogP contribution in [-0.2, 0) is 27.1 Å². The van der Waals surface area contributed by atoms with Crippen molar-refractivity contribution in [1.29, 1.82) is 0 Å². The van der Waals surface area contributed by atoms with Crippen LogP contribution in [0.15, 0.2) is 188 Å². The number of hydrogen-bond acceptors (Lipinski definition) is 2. The van der Waals surface area contributed by atoms with E-state index in [0.717, 1.165) is 11.4 Å². The molecule has 348 valence electrons. The topological polar surface area (TPSA) is 3.24 Å². The molecule has 10 aromatic rings. The first-order chi connectivity index (χ1) is 34.0. The van der Waals surface area contributed by atoms with Gasteiger partial charge in [0.15, 0.2) is 0 Å². The number of fused-ring (bicyclic) bond motifs is 12. The minimum absolute atomic E-state index is 0.00470. The van der Waals surface area contributed by atoms with E-state index in [1.165, 1.54) is 115 Å². The largest absolute Gasteiger partial charge is 0.310 e. The molecule has 0 amide bonds. The molecule has 0 aliphatic heterocycles. The lowest BCUT2D eigenvalue weighted by Crippen LogP contribution is -2.28. The Kier molecular flexibility index (Phi) is 9.30. The Morgan fingerprint density at radius 3 is 1.62 bits per heavy atom. The highest BCUT2D eigenvalue weighted by atomic mass is 32.1. The molecule has 9 aromatic carbocycles. The van der Waals surface area contributed by atoms with Crippen LogP contribution in [0.3, 0.4) is 0 Å². The van der Waals surface area contributed by atoms with Gasteiger partial charge in [0.2, 0.25) is 0 Å². The fraction of sp³-hybridized carbons (Fsp3) is 0.217. The van der Waals surface area contributed by atoms with Gasteiger partial charge in [0.25, 0.3) is 0 Å². The van der Waals surface area contributed by atoms with Gasteiger partial charge in [0.05, 0.1) is 11.1 Å². The van der Waals surface area contributed by atoms with Crippen molar-refractivity contribution in [2.45, 2.75) is 96.3 Å². The van der Waals surface area contributed by atoms with E-state index in [0.29, 0.717) is 0 Å². The van der Waals surface area contributed by atoms with Crippen LogP contribution in [0.2, 0.25) is 0 Å². The average Bonchev–Trinajstić information content (AvgIpc) is 4.02. The van der Waals surface area contributed by atoms with Crippen LogP contribution in [0.5, 0.6) is 0 Å². The lowest BCUT2D eigenvalue weighted by atomic mass is 9.67. The number of rotatable bonds is 5. The third kappa shape index (κ3) is 6.16. The second-order valence-electron chi connectivity index (χ2n) is 23.7. The van der Waals surface area contributed by atoms with Crippen molar-refractivity contribution >= 4 is 48.6 Å². The zero-order chi connectivity index (χ0) is 49.0. The lowest BCUT2D eigenvalue weighted by molar-refractivity contribution is 0.573. The van der Waals surface area contributed by atoms with Gasteiger partial charge >= 0.3 is 0 Å². The van der Waals surface area contributed by atoms with E-state index >= 15 is 0 Å². The van der Waals surface area contributed by atoms with Crippen molar-refractivity contribution in [2.24, 2.45) is 0 Å². The van der Waals surface area contributed by atoms with Crippen molar-refractivity contribution < 1.29 is 0 Å². The molecule has 0 unspecified atom stereocenters. The Morgan fingerprint density at radius 1 is 0.394 bits per heavy atom. The highest BCUT2D eigenvalue weighted by Crippen LogP contribution is 2.60. The van der Waals surface area contributed by atoms with Gasteiger partial charge in [0, 0.05) is 47.9 Å². The molecule has 2 heteroatoms. The number of thiophene rings is 1. The molecule has 71 heavy (non-hydrogen) atoms. The molecule has 1 aromatic heterocycles. The summed E-state index contributed by atoms with van der Waals surface area (Å²) in [6.07, 6.45) is 0. The van der Waals surface area contributed by atoms with Gasteiger partial charge in [-0.25, -0.2) is 0 Å². The third-order valence-corrected chi connectivity index (χ3v) is 18.0. The number of nitrogens with zero attached hydrogens (tertiary/aromatic N) is 1. The Bertz CT molecular complexity index is 3800. The third-order valence-electron chi connectivity index (χ3n) is 16.8. The van der Waals surface area contributed by atoms with E-state index in [9.17, 15) is 0 Å². The molecule has 0 radical (unpaired) electrons. The minimum Gasteiger partial charge on any atom is -0.310 e. The SMILES string of the molecule is CC(C)(C)c1cc(C(C)(C)C)c2sc3cc4c(cc3c2c1)C(C)(C)c1cccc(N(c2cccc(C3(c5ccccc5)c5ccccc5-c5ccccc53)c2)c2ccc3c(c2)C(C)(C)c2ccccc2-3)c1-4. The van der Waals surface area contributed by atoms with E-state index in [-0.39, 0.29) is 21.7 Å². The van der Waals surface area contributed by atoms with Crippen molar-refractivity contribution in [3.8, 4) is 33.4 Å². The molecule has 0 spiro atoms. The molecule has 13 rings (SSSR count). The van der Waals surface area contributed by atoms with Crippen LogP contribution >= 0.6 is 11.3 Å². The Balaban J connectivity index is 1.08. The smallest absolute Gasteiger partial charge is 0.0714 e. The molecular weight excluding hydrogens is 875 g/mol. The maximum atomic E-state index is 2.60. The van der Waals surface area contributed by atoms with E-state index in [1.807, 2.05) is 11.3 Å². The van der Waals surface area contributed by atoms with Gasteiger partial charge in [-0.2, -0.15) is 0 Å². The summed E-state index contributed by atoms with van der Waals surface area (Å²) in [5.41, 5.74) is 24.0. The summed E-state index contributed by atoms with van der Waals surface area (Å²) in [6, 6.07) is 72.4. The molecular formula is C69H61NS. The number of anilines is 3. The van der Waals surface area contributed by atoms with Crippen molar-refractivity contribution in [3.63, 3.8) is 0 Å². The van der Waals surface area contributed by atoms with Gasteiger partial charge in [-0.05, 0) is 143 Å². The average molecular weight is 936 g/mol. The van der Waals surface area contributed by atoms with Gasteiger partial charge in [-0.1, -0.05) is 209 Å². The summed E-state index contributed by atoms with van der Waals surface area (Å²) in [4.78, 5) is 2.60. The summed E-state index contributed by atoms with van der Waals surface area (Å²) in [6.45, 7) is 23.9. The van der Waals surface area contributed by atoms with E-state index in [2.05, 4.69) is 262 Å². The summed E-state index contributed by atoms with van der Waals surface area (Å²) < 4.78 is 2.76. The highest BCUT2D eigenvalue weighted by molar-refractivity contribution is 7.26. The van der Waals surface area contributed by atoms with Crippen LogP contribution in [0.4, 0.5) is 17.1 Å². The molecule has 0 bridgehead atoms. The molecule has 0 fully saturated rings. The summed E-state index contributed by atoms with van der Waals surface area (Å²) in [5.74, 6) is 0. The van der Waals surface area contributed by atoms with Crippen LogP contribution < -0.4 is 4.90 Å². The van der Waals surface area contributed by atoms with Crippen LogP contribution in [-0.4, -0.2) is 0 Å². The maximum absolute atomic E-state index is 2.60. The van der Waals surface area contributed by atoms with Gasteiger partial charge in [-0.15, -0.1) is 11.3 Å². The van der Waals surface area contributed by atoms with Crippen LogP contribution in [0, 0.1) is 0 Å². The predicted octanol–water partition coefficient (Wildman–Crippen LogP) is 19.1. The second kappa shape index (κ2) is 15.0. The van der Waals surface area contributed by atoms with Crippen molar-refractivity contribution in [2.75, 3.05) is 4.90 Å². The Morgan fingerprint density at radius 2 is 0.944 bits per heavy atom. The van der Waals surface area contributed by atoms with E-state index in [1.54, 1.807) is 0 Å². The van der Waals surface area contributed by atoms with Gasteiger partial charge < -0.3 is 4.90 Å². The Hall–Kier alpha value is -7.00. The normalized spacial score (nSPS) is 15.5. The first kappa shape index (κ1) is 44.0. The highest BCUT2D eigenvalue weighted by Gasteiger charge is 2.47. The number of benzene rings is 9. The summed E-state index contributed by atoms with van der Waals surface area (Å²) in [5, 5.41) is 2.76. The Labute approximate surface area is 424 Å². The van der Waals surface area contributed by atoms with E-state index < -0.39 is 5.41 Å². The molecule has 3 aliphatic carbocycles. The van der Waals surface area contributed by atoms with Gasteiger partial charge in [-0.3, -0.25) is 0 Å². The molecule has 0 atom stereocenters. The molecule has 0 saturated heterocycles. The monoisotopic (exact) mass is 935 g/mol. The standard InChI is InChI=1S/C69H61NS/c1-65(2,3)44-37-52-51-40-59-53(41-62(51)71-64(52)60(38-44)66(4,5)6)63-57(68(59,9)10)32-21-33-61(63)70(46-34-35-50-47-26-14-17-29-54(47)67(7,8)58(50)39-46)45-25-20-24-43(36-45)69(42-22-12-11-13-23-42)55-30-18-15-27-48(55)49-28-16-19-31-56(49)69/h11-41H,1-10H3. The van der Waals surface area contributed by atoms with E-state index in [4.69, 9.17) is 0 Å². The fourth-order valence-corrected chi connectivity index (χ4v) is 14.6. The van der Waals surface area contributed by atoms with Gasteiger partial charge in [0.1, 0.15) is 0 Å². The second-order valence-corrected chi connectivity index (χ2v) is 24.8. The molecule has 3 aliphatic rings. The number of hydrogen-bond donors (Lipinski definition) is 0. The zero-order valence-electron chi connectivity index (χ0n) is 42.8. The fourth-order valence-electron chi connectivity index (χ4n) is 13.2. The summed E-state index contributed by atoms with van der Waals surface area (Å²) >= 11 is 1.98. The minimum atomic E-state index is -0.531. The quantitative estimate of drug-likeness (QED) is 0.166. The predicted molar refractivity (Wildman–Crippen MR) is 304 cm³/mol. The first-order valence-electron chi connectivity index (χ1n) is 25.6. The zero-order valence-corrected chi connectivity index (χ0v) is 43.6. The first-order valence-corrected chi connectivity index (χ1v) is 26.4. The molecule has 1 heterocycles. The lowest BCUT2D eigenvalue weighted by Gasteiger charge is -2.35.